The van der Waals surface area contributed by atoms with Gasteiger partial charge in [0.2, 0.25) is 0 Å². The highest BCUT2D eigenvalue weighted by atomic mass is 19.1. The van der Waals surface area contributed by atoms with Gasteiger partial charge in [0.25, 0.3) is 5.91 Å². The highest BCUT2D eigenvalue weighted by Gasteiger charge is 2.24. The number of nitrogens with two attached hydrogens (primary N) is 1. The third-order valence-corrected chi connectivity index (χ3v) is 4.01. The first kappa shape index (κ1) is 13.6. The second kappa shape index (κ2) is 5.20. The number of nitrogens with zero attached hydrogens (tertiary/aromatic N) is 1. The van der Waals surface area contributed by atoms with Gasteiger partial charge in [-0.15, -0.1) is 0 Å². The number of rotatable bonds is 1. The van der Waals surface area contributed by atoms with Gasteiger partial charge in [0.15, 0.2) is 0 Å². The number of nitrogen functional groups attached to an aromatic ring is 1. The molecule has 3 nitrogen and oxygen atoms in total. The molecular formula is C17H17FN2O. The van der Waals surface area contributed by atoms with E-state index in [1.165, 1.54) is 0 Å². The molecule has 1 heterocycles. The SMILES string of the molecule is Cc1cccc(C(=O)N2CCc3c(N)cccc3C2)c1F. The quantitative estimate of drug-likeness (QED) is 0.818. The predicted molar refractivity (Wildman–Crippen MR) is 80.4 cm³/mol. The molecule has 0 saturated heterocycles. The van der Waals surface area contributed by atoms with E-state index in [0.29, 0.717) is 25.1 Å². The summed E-state index contributed by atoms with van der Waals surface area (Å²) in [4.78, 5) is 14.2. The average molecular weight is 284 g/mol. The van der Waals surface area contributed by atoms with Gasteiger partial charge < -0.3 is 10.6 Å². The standard InChI is InChI=1S/C17H17FN2O/c1-11-4-2-6-14(16(11)18)17(21)20-9-8-13-12(10-20)5-3-7-15(13)19/h2-7H,8-10,19H2,1H3. The predicted octanol–water partition coefficient (Wildman–Crippen LogP) is 2.91. The molecule has 1 amide bonds. The number of anilines is 1. The number of carbonyl (C=O) groups is 1. The van der Waals surface area contributed by atoms with E-state index in [1.54, 1.807) is 30.0 Å². The van der Waals surface area contributed by atoms with E-state index < -0.39 is 5.82 Å². The van der Waals surface area contributed by atoms with E-state index in [9.17, 15) is 9.18 Å². The van der Waals surface area contributed by atoms with Gasteiger partial charge in [-0.05, 0) is 42.2 Å². The van der Waals surface area contributed by atoms with Crippen LogP contribution in [0.5, 0.6) is 0 Å². The average Bonchev–Trinajstić information content (AvgIpc) is 2.49. The zero-order valence-corrected chi connectivity index (χ0v) is 11.9. The van der Waals surface area contributed by atoms with Gasteiger partial charge >= 0.3 is 0 Å². The van der Waals surface area contributed by atoms with Crippen molar-refractivity contribution in [3.8, 4) is 0 Å². The van der Waals surface area contributed by atoms with E-state index >= 15 is 0 Å². The molecule has 1 aliphatic rings. The summed E-state index contributed by atoms with van der Waals surface area (Å²) in [7, 11) is 0. The highest BCUT2D eigenvalue weighted by Crippen LogP contribution is 2.25. The Morgan fingerprint density at radius 2 is 2.00 bits per heavy atom. The molecule has 0 radical (unpaired) electrons. The Kier molecular flexibility index (Phi) is 3.37. The molecule has 0 aliphatic carbocycles. The highest BCUT2D eigenvalue weighted by molar-refractivity contribution is 5.94. The normalized spacial score (nSPS) is 13.9. The molecule has 2 N–H and O–H groups in total. The van der Waals surface area contributed by atoms with Crippen LogP contribution in [0.15, 0.2) is 36.4 Å². The van der Waals surface area contributed by atoms with Crippen LogP contribution < -0.4 is 5.73 Å². The topological polar surface area (TPSA) is 46.3 Å². The van der Waals surface area contributed by atoms with E-state index in [1.807, 2.05) is 18.2 Å². The Hall–Kier alpha value is -2.36. The molecule has 0 atom stereocenters. The van der Waals surface area contributed by atoms with Crippen molar-refractivity contribution in [1.82, 2.24) is 4.90 Å². The fourth-order valence-electron chi connectivity index (χ4n) is 2.80. The van der Waals surface area contributed by atoms with Crippen molar-refractivity contribution in [3.63, 3.8) is 0 Å². The number of benzene rings is 2. The summed E-state index contributed by atoms with van der Waals surface area (Å²) >= 11 is 0. The zero-order valence-electron chi connectivity index (χ0n) is 11.9. The van der Waals surface area contributed by atoms with Gasteiger partial charge in [0.05, 0.1) is 5.56 Å². The van der Waals surface area contributed by atoms with Crippen LogP contribution in [0, 0.1) is 12.7 Å². The number of carbonyl (C=O) groups excluding carboxylic acids is 1. The molecule has 21 heavy (non-hydrogen) atoms. The fraction of sp³-hybridized carbons (Fsp3) is 0.235. The minimum Gasteiger partial charge on any atom is -0.398 e. The van der Waals surface area contributed by atoms with Crippen molar-refractivity contribution in [2.45, 2.75) is 19.9 Å². The molecule has 0 fully saturated rings. The first-order chi connectivity index (χ1) is 10.1. The summed E-state index contributed by atoms with van der Waals surface area (Å²) in [5.74, 6) is -0.690. The Labute approximate surface area is 123 Å². The summed E-state index contributed by atoms with van der Waals surface area (Å²) in [5.41, 5.74) is 9.50. The largest absolute Gasteiger partial charge is 0.398 e. The van der Waals surface area contributed by atoms with E-state index in [-0.39, 0.29) is 11.5 Å². The molecule has 1 aliphatic heterocycles. The van der Waals surface area contributed by atoms with Crippen molar-refractivity contribution in [1.29, 1.82) is 0 Å². The summed E-state index contributed by atoms with van der Waals surface area (Å²) in [6, 6.07) is 10.6. The zero-order chi connectivity index (χ0) is 15.0. The van der Waals surface area contributed by atoms with Crippen molar-refractivity contribution >= 4 is 11.6 Å². The maximum atomic E-state index is 14.1. The van der Waals surface area contributed by atoms with Gasteiger partial charge in [0.1, 0.15) is 5.82 Å². The minimum absolute atomic E-state index is 0.141. The molecule has 4 heteroatoms. The van der Waals surface area contributed by atoms with Gasteiger partial charge in [-0.25, -0.2) is 4.39 Å². The second-order valence-electron chi connectivity index (χ2n) is 5.40. The fourth-order valence-corrected chi connectivity index (χ4v) is 2.80. The molecule has 2 aromatic carbocycles. The molecule has 0 bridgehead atoms. The summed E-state index contributed by atoms with van der Waals surface area (Å²) in [6.07, 6.45) is 0.710. The number of hydrogen-bond donors (Lipinski definition) is 1. The van der Waals surface area contributed by atoms with Crippen LogP contribution in [-0.2, 0) is 13.0 Å². The first-order valence-electron chi connectivity index (χ1n) is 6.98. The van der Waals surface area contributed by atoms with Crippen LogP contribution in [0.25, 0.3) is 0 Å². The maximum absolute atomic E-state index is 14.1. The van der Waals surface area contributed by atoms with Crippen LogP contribution in [0.3, 0.4) is 0 Å². The van der Waals surface area contributed by atoms with Crippen LogP contribution >= 0.6 is 0 Å². The monoisotopic (exact) mass is 284 g/mol. The molecule has 0 spiro atoms. The van der Waals surface area contributed by atoms with Crippen LogP contribution in [0.4, 0.5) is 10.1 Å². The van der Waals surface area contributed by atoms with Crippen LogP contribution in [-0.4, -0.2) is 17.4 Å². The first-order valence-corrected chi connectivity index (χ1v) is 6.98. The van der Waals surface area contributed by atoms with E-state index in [0.717, 1.165) is 16.8 Å². The Bertz CT molecular complexity index is 712. The van der Waals surface area contributed by atoms with Gasteiger partial charge in [-0.2, -0.15) is 0 Å². The van der Waals surface area contributed by atoms with E-state index in [2.05, 4.69) is 0 Å². The third-order valence-electron chi connectivity index (χ3n) is 4.01. The van der Waals surface area contributed by atoms with Gasteiger partial charge in [-0.3, -0.25) is 4.79 Å². The Morgan fingerprint density at radius 1 is 1.24 bits per heavy atom. The minimum atomic E-state index is -0.430. The number of hydrogen-bond acceptors (Lipinski definition) is 2. The number of fused-ring (bicyclic) bond motifs is 1. The Balaban J connectivity index is 1.89. The lowest BCUT2D eigenvalue weighted by Crippen LogP contribution is -2.36. The number of amides is 1. The second-order valence-corrected chi connectivity index (χ2v) is 5.40. The van der Waals surface area contributed by atoms with Crippen LogP contribution in [0.1, 0.15) is 27.0 Å². The molecule has 0 aromatic heterocycles. The summed E-state index contributed by atoms with van der Waals surface area (Å²) in [6.45, 7) is 2.71. The lowest BCUT2D eigenvalue weighted by atomic mass is 9.97. The molecular weight excluding hydrogens is 267 g/mol. The van der Waals surface area contributed by atoms with Crippen LogP contribution in [0.2, 0.25) is 0 Å². The summed E-state index contributed by atoms with van der Waals surface area (Å²) < 4.78 is 14.1. The molecule has 0 unspecified atom stereocenters. The lowest BCUT2D eigenvalue weighted by Gasteiger charge is -2.29. The van der Waals surface area contributed by atoms with Crippen molar-refractivity contribution in [3.05, 3.63) is 64.5 Å². The molecule has 3 rings (SSSR count). The third kappa shape index (κ3) is 2.37. The van der Waals surface area contributed by atoms with Gasteiger partial charge in [-0.1, -0.05) is 24.3 Å². The summed E-state index contributed by atoms with van der Waals surface area (Å²) in [5, 5.41) is 0. The van der Waals surface area contributed by atoms with E-state index in [4.69, 9.17) is 5.73 Å². The van der Waals surface area contributed by atoms with Crippen molar-refractivity contribution < 1.29 is 9.18 Å². The molecule has 2 aromatic rings. The molecule has 108 valence electrons. The van der Waals surface area contributed by atoms with Gasteiger partial charge in [0, 0.05) is 18.8 Å². The lowest BCUT2D eigenvalue weighted by molar-refractivity contribution is 0.0730. The number of halogens is 1. The maximum Gasteiger partial charge on any atom is 0.257 e. The van der Waals surface area contributed by atoms with Crippen molar-refractivity contribution in [2.24, 2.45) is 0 Å². The smallest absolute Gasteiger partial charge is 0.257 e. The molecule has 0 saturated carbocycles. The van der Waals surface area contributed by atoms with Crippen molar-refractivity contribution in [2.75, 3.05) is 12.3 Å². The Morgan fingerprint density at radius 3 is 2.81 bits per heavy atom. The number of aryl methyl sites for hydroxylation is 1.